The van der Waals surface area contributed by atoms with E-state index in [0.29, 0.717) is 23.7 Å². The second-order valence-electron chi connectivity index (χ2n) is 17.3. The second kappa shape index (κ2) is 15.6. The van der Waals surface area contributed by atoms with Gasteiger partial charge in [0.25, 0.3) is 0 Å². The number of fused-ring (bicyclic) bond motifs is 2. The maximum atomic E-state index is 8.97. The molecular formula is C48H61Cl2SiZr. The van der Waals surface area contributed by atoms with Crippen LogP contribution in [-0.4, -0.2) is 5.92 Å². The third kappa shape index (κ3) is 6.91. The van der Waals surface area contributed by atoms with E-state index in [1.165, 1.54) is 66.8 Å². The van der Waals surface area contributed by atoms with Gasteiger partial charge in [0.2, 0.25) is 0 Å². The number of hydrogen-bond donors (Lipinski definition) is 0. The van der Waals surface area contributed by atoms with Crippen molar-refractivity contribution >= 4 is 35.1 Å². The third-order valence-corrected chi connectivity index (χ3v) is 64.4. The molecule has 0 fully saturated rings. The zero-order chi connectivity index (χ0) is 37.6. The van der Waals surface area contributed by atoms with E-state index < -0.39 is 21.5 Å². The summed E-state index contributed by atoms with van der Waals surface area (Å²) in [6.07, 6.45) is 9.38. The van der Waals surface area contributed by atoms with Gasteiger partial charge in [0.05, 0.1) is 0 Å². The van der Waals surface area contributed by atoms with Gasteiger partial charge in [-0.2, -0.15) is 0 Å². The Balaban J connectivity index is 1.68. The Morgan fingerprint density at radius 3 is 1.23 bits per heavy atom. The summed E-state index contributed by atoms with van der Waals surface area (Å²) >= 11 is -4.99. The zero-order valence-electron chi connectivity index (χ0n) is 33.4. The summed E-state index contributed by atoms with van der Waals surface area (Å²) in [6, 6.07) is 32.0. The Bertz CT molecular complexity index is 1830. The van der Waals surface area contributed by atoms with Crippen molar-refractivity contribution in [2.45, 2.75) is 113 Å². The van der Waals surface area contributed by atoms with Crippen LogP contribution in [0.3, 0.4) is 0 Å². The van der Waals surface area contributed by atoms with E-state index in [9.17, 15) is 0 Å². The zero-order valence-corrected chi connectivity index (χ0v) is 38.5. The summed E-state index contributed by atoms with van der Waals surface area (Å²) in [5.74, 6) is 0.207. The van der Waals surface area contributed by atoms with Gasteiger partial charge < -0.3 is 0 Å². The number of halogens is 2. The molecule has 4 heteroatoms. The van der Waals surface area contributed by atoms with Crippen LogP contribution in [0.2, 0.25) is 13.1 Å². The molecule has 0 nitrogen and oxygen atoms in total. The molecular weight excluding hydrogens is 767 g/mol. The van der Waals surface area contributed by atoms with Crippen LogP contribution in [0.4, 0.5) is 0 Å². The van der Waals surface area contributed by atoms with Gasteiger partial charge in [0.15, 0.2) is 0 Å². The number of benzene rings is 4. The van der Waals surface area contributed by atoms with Crippen molar-refractivity contribution < 1.29 is 15.6 Å². The van der Waals surface area contributed by atoms with E-state index in [4.69, 9.17) is 17.0 Å². The summed E-state index contributed by atoms with van der Waals surface area (Å²) in [4.78, 5) is 0. The number of hydrogen-bond acceptors (Lipinski definition) is 0. The Morgan fingerprint density at radius 2 is 0.923 bits per heavy atom. The minimum absolute atomic E-state index is 0.0863. The molecule has 4 aromatic carbocycles. The molecule has 0 N–H and O–H groups in total. The van der Waals surface area contributed by atoms with Crippen LogP contribution in [-0.2, 0) is 15.6 Å². The van der Waals surface area contributed by atoms with Gasteiger partial charge in [0, 0.05) is 0 Å². The van der Waals surface area contributed by atoms with Crippen LogP contribution in [0.25, 0.3) is 34.4 Å². The van der Waals surface area contributed by atoms with Crippen molar-refractivity contribution in [1.29, 1.82) is 0 Å². The number of allylic oxidation sites excluding steroid dienone is 2. The SMILES string of the molecule is CCC(C)c1ccc2c(c1-c1ccccc1)C=C(CC(C)C)[CH]2[Zr]([Cl])([Cl])([CH]1C(CC(C)C)=Cc2c1ccc(C(C)CC)c2-c1ccccc1)[SiH](C)C. The average molecular weight is 828 g/mol. The van der Waals surface area contributed by atoms with Crippen molar-refractivity contribution in [3.63, 3.8) is 0 Å². The molecule has 0 aliphatic heterocycles. The van der Waals surface area contributed by atoms with Crippen LogP contribution in [0, 0.1) is 11.8 Å². The molecule has 0 spiro atoms. The Morgan fingerprint density at radius 1 is 0.558 bits per heavy atom. The quantitative estimate of drug-likeness (QED) is 0.118. The first kappa shape index (κ1) is 39.7. The van der Waals surface area contributed by atoms with Crippen LogP contribution in [0.1, 0.15) is 134 Å². The van der Waals surface area contributed by atoms with E-state index in [0.717, 1.165) is 25.7 Å². The van der Waals surface area contributed by atoms with E-state index >= 15 is 0 Å². The fraction of sp³-hybridized carbons (Fsp3) is 0.417. The average Bonchev–Trinajstić information content (AvgIpc) is 3.68. The molecule has 0 amide bonds. The van der Waals surface area contributed by atoms with E-state index in [-0.39, 0.29) is 7.25 Å². The second-order valence-corrected chi connectivity index (χ2v) is 59.8. The molecule has 52 heavy (non-hydrogen) atoms. The molecule has 0 aromatic heterocycles. The van der Waals surface area contributed by atoms with Crippen molar-refractivity contribution in [3.05, 3.63) is 129 Å². The molecule has 4 aromatic rings. The van der Waals surface area contributed by atoms with Crippen LogP contribution in [0.15, 0.2) is 96.1 Å². The topological polar surface area (TPSA) is 0 Å². The van der Waals surface area contributed by atoms with Crippen molar-refractivity contribution in [2.75, 3.05) is 0 Å². The molecule has 0 radical (unpaired) electrons. The van der Waals surface area contributed by atoms with Gasteiger partial charge in [-0.05, 0) is 0 Å². The van der Waals surface area contributed by atoms with Crippen molar-refractivity contribution in [1.82, 2.24) is 0 Å². The van der Waals surface area contributed by atoms with Gasteiger partial charge in [-0.15, -0.1) is 0 Å². The molecule has 4 atom stereocenters. The van der Waals surface area contributed by atoms with Gasteiger partial charge >= 0.3 is 327 Å². The summed E-state index contributed by atoms with van der Waals surface area (Å²) < 4.78 is 0.173. The molecule has 0 bridgehead atoms. The normalized spacial score (nSPS) is 18.9. The molecule has 0 heterocycles. The fourth-order valence-electron chi connectivity index (χ4n) is 9.60. The Hall–Kier alpha value is -1.96. The molecule has 4 unspecified atom stereocenters. The standard InChI is InChI=1S/2C23H27.C2H7Si.2ClH.Zr/c2*1-5-17(4)21-12-11-20-14-18(13-16(2)3)15-22(20)23(21)19-9-7-6-8-10-19;1-3-2;;;/h2*6-12,14-17H,5,13H2,1-4H3;3H,1-2H3;2*1H;/q;;;;;+2/p-2. The molecule has 6 rings (SSSR count). The van der Waals surface area contributed by atoms with Crippen LogP contribution in [0.5, 0.6) is 0 Å². The van der Waals surface area contributed by atoms with Crippen molar-refractivity contribution in [2.24, 2.45) is 11.8 Å². The summed E-state index contributed by atoms with van der Waals surface area (Å²) in [6.45, 7) is 23.8. The van der Waals surface area contributed by atoms with Gasteiger partial charge in [-0.1, -0.05) is 0 Å². The van der Waals surface area contributed by atoms with E-state index in [2.05, 4.69) is 166 Å². The molecule has 275 valence electrons. The summed E-state index contributed by atoms with van der Waals surface area (Å²) in [5, 5.41) is 0. The Labute approximate surface area is 324 Å². The first-order chi connectivity index (χ1) is 24.7. The number of rotatable bonds is 13. The molecule has 0 saturated heterocycles. The van der Waals surface area contributed by atoms with Gasteiger partial charge in [-0.3, -0.25) is 0 Å². The minimum atomic E-state index is -4.99. The van der Waals surface area contributed by atoms with Crippen molar-refractivity contribution in [3.8, 4) is 22.3 Å². The third-order valence-electron chi connectivity index (χ3n) is 12.6. The van der Waals surface area contributed by atoms with Gasteiger partial charge in [0.1, 0.15) is 0 Å². The maximum absolute atomic E-state index is 8.97. The van der Waals surface area contributed by atoms with E-state index in [1.54, 1.807) is 0 Å². The van der Waals surface area contributed by atoms with Gasteiger partial charge in [-0.25, -0.2) is 0 Å². The molecule has 2 aliphatic rings. The fourth-order valence-corrected chi connectivity index (χ4v) is 41.0. The van der Waals surface area contributed by atoms with E-state index in [1.807, 2.05) is 0 Å². The first-order valence-corrected chi connectivity index (χ1v) is 36.5. The van der Waals surface area contributed by atoms with Crippen LogP contribution >= 0.6 is 17.0 Å². The first-order valence-electron chi connectivity index (χ1n) is 20.1. The molecule has 2 aliphatic carbocycles. The summed E-state index contributed by atoms with van der Waals surface area (Å²) in [5.41, 5.74) is 16.8. The predicted molar refractivity (Wildman–Crippen MR) is 232 cm³/mol. The predicted octanol–water partition coefficient (Wildman–Crippen LogP) is 15.7. The van der Waals surface area contributed by atoms with Crippen LogP contribution < -0.4 is 0 Å². The summed E-state index contributed by atoms with van der Waals surface area (Å²) in [7, 11) is 17.9. The Kier molecular flexibility index (Phi) is 12.0. The monoisotopic (exact) mass is 825 g/mol. The molecule has 0 saturated carbocycles.